The molecule has 3 rings (SSSR count). The van der Waals surface area contributed by atoms with Crippen molar-refractivity contribution in [2.24, 2.45) is 0 Å². The Morgan fingerprint density at radius 1 is 1.12 bits per heavy atom. The molecule has 0 amide bonds. The Hall–Kier alpha value is -2.43. The topological polar surface area (TPSA) is 57.1 Å². The van der Waals surface area contributed by atoms with E-state index in [4.69, 9.17) is 0 Å². The Kier molecular flexibility index (Phi) is 1.83. The van der Waals surface area contributed by atoms with Gasteiger partial charge in [0.1, 0.15) is 0 Å². The zero-order chi connectivity index (χ0) is 11.0. The first kappa shape index (κ1) is 8.84. The Morgan fingerprint density at radius 2 is 1.94 bits per heavy atom. The summed E-state index contributed by atoms with van der Waals surface area (Å²) in [5.41, 5.74) is 1.39. The third-order valence-electron chi connectivity index (χ3n) is 2.35. The molecular formula is C11H8N4O. The van der Waals surface area contributed by atoms with Crippen LogP contribution in [0.15, 0.2) is 48.9 Å². The minimum absolute atomic E-state index is 0.383. The zero-order valence-corrected chi connectivity index (χ0v) is 8.32. The minimum Gasteiger partial charge on any atom is -0.692 e. The van der Waals surface area contributed by atoms with Gasteiger partial charge in [-0.25, -0.2) is 0 Å². The van der Waals surface area contributed by atoms with Crippen molar-refractivity contribution in [3.05, 3.63) is 54.1 Å². The monoisotopic (exact) mass is 212 g/mol. The van der Waals surface area contributed by atoms with E-state index in [0.29, 0.717) is 11.5 Å². The van der Waals surface area contributed by atoms with Crippen LogP contribution in [0.4, 0.5) is 0 Å². The van der Waals surface area contributed by atoms with Crippen LogP contribution >= 0.6 is 0 Å². The molecule has 16 heavy (non-hydrogen) atoms. The highest BCUT2D eigenvalue weighted by molar-refractivity contribution is 5.54. The van der Waals surface area contributed by atoms with E-state index in [9.17, 15) is 5.21 Å². The molecule has 0 aliphatic rings. The van der Waals surface area contributed by atoms with Crippen LogP contribution in [0.1, 0.15) is 0 Å². The normalized spacial score (nSPS) is 10.8. The summed E-state index contributed by atoms with van der Waals surface area (Å²) in [4.78, 5) is 8.95. The van der Waals surface area contributed by atoms with Gasteiger partial charge >= 0.3 is 5.82 Å². The molecule has 0 aliphatic carbocycles. The Bertz CT molecular complexity index is 633. The highest BCUT2D eigenvalue weighted by atomic mass is 16.5. The zero-order valence-electron chi connectivity index (χ0n) is 8.32. The fourth-order valence-corrected chi connectivity index (χ4v) is 1.60. The lowest BCUT2D eigenvalue weighted by Crippen LogP contribution is -2.34. The predicted octanol–water partition coefficient (Wildman–Crippen LogP) is 1.03. The van der Waals surface area contributed by atoms with Crippen molar-refractivity contribution >= 4 is 5.65 Å². The number of hydrogen-bond acceptors (Lipinski definition) is 3. The molecular weight excluding hydrogens is 204 g/mol. The SMILES string of the molecule is [O-][n+]1c(-c2ccncc2)nc2ccccn21. The van der Waals surface area contributed by atoms with E-state index in [2.05, 4.69) is 9.97 Å². The maximum Gasteiger partial charge on any atom is 0.355 e. The van der Waals surface area contributed by atoms with Crippen molar-refractivity contribution in [3.63, 3.8) is 0 Å². The van der Waals surface area contributed by atoms with Crippen molar-refractivity contribution in [1.29, 1.82) is 0 Å². The van der Waals surface area contributed by atoms with Gasteiger partial charge in [-0.2, -0.15) is 0 Å². The molecule has 0 unspecified atom stereocenters. The van der Waals surface area contributed by atoms with Gasteiger partial charge in [-0.3, -0.25) is 4.98 Å². The number of rotatable bonds is 1. The molecule has 0 radical (unpaired) electrons. The maximum atomic E-state index is 11.9. The van der Waals surface area contributed by atoms with Gasteiger partial charge in [-0.15, -0.1) is 9.36 Å². The van der Waals surface area contributed by atoms with Gasteiger partial charge in [0.15, 0.2) is 0 Å². The average Bonchev–Trinajstić information content (AvgIpc) is 2.69. The van der Waals surface area contributed by atoms with Gasteiger partial charge in [0.2, 0.25) is 0 Å². The Labute approximate surface area is 91.2 Å². The molecule has 0 aromatic carbocycles. The second-order valence-electron chi connectivity index (χ2n) is 3.35. The summed E-state index contributed by atoms with van der Waals surface area (Å²) in [5, 5.41) is 11.9. The lowest BCUT2D eigenvalue weighted by atomic mass is 10.2. The summed E-state index contributed by atoms with van der Waals surface area (Å²) in [6.07, 6.45) is 4.96. The van der Waals surface area contributed by atoms with Crippen molar-refractivity contribution in [2.45, 2.75) is 0 Å². The number of pyridine rings is 2. The third kappa shape index (κ3) is 1.22. The van der Waals surface area contributed by atoms with Gasteiger partial charge in [-0.05, 0) is 23.2 Å². The third-order valence-corrected chi connectivity index (χ3v) is 2.35. The number of fused-ring (bicyclic) bond motifs is 1. The first-order valence-corrected chi connectivity index (χ1v) is 4.83. The molecule has 0 atom stereocenters. The standard InChI is InChI=1S/C11H8N4O/c16-15-11(9-4-6-12-7-5-9)13-10-3-1-2-8-14(10)15/h1-8H. The van der Waals surface area contributed by atoms with E-state index in [1.807, 2.05) is 6.07 Å². The summed E-state index contributed by atoms with van der Waals surface area (Å²) in [6, 6.07) is 8.95. The van der Waals surface area contributed by atoms with Crippen molar-refractivity contribution in [3.8, 4) is 11.4 Å². The first-order chi connectivity index (χ1) is 7.86. The second kappa shape index (κ2) is 3.30. The molecule has 3 heterocycles. The largest absolute Gasteiger partial charge is 0.692 e. The van der Waals surface area contributed by atoms with Gasteiger partial charge in [0, 0.05) is 18.5 Å². The molecule has 5 nitrogen and oxygen atoms in total. The lowest BCUT2D eigenvalue weighted by molar-refractivity contribution is -0.667. The molecule has 0 N–H and O–H groups in total. The lowest BCUT2D eigenvalue weighted by Gasteiger charge is -2.00. The number of aromatic nitrogens is 4. The molecule has 5 heteroatoms. The van der Waals surface area contributed by atoms with Gasteiger partial charge in [-0.1, -0.05) is 6.07 Å². The van der Waals surface area contributed by atoms with Gasteiger partial charge in [0.05, 0.1) is 11.8 Å². The first-order valence-electron chi connectivity index (χ1n) is 4.83. The maximum absolute atomic E-state index is 11.9. The number of hydrogen-bond donors (Lipinski definition) is 0. The fraction of sp³-hybridized carbons (Fsp3) is 0. The molecule has 0 saturated heterocycles. The molecule has 0 bridgehead atoms. The molecule has 0 aliphatic heterocycles. The molecule has 78 valence electrons. The van der Waals surface area contributed by atoms with Gasteiger partial charge < -0.3 is 5.21 Å². The van der Waals surface area contributed by atoms with Crippen LogP contribution in [0.25, 0.3) is 17.0 Å². The van der Waals surface area contributed by atoms with Crippen LogP contribution < -0.4 is 4.85 Å². The van der Waals surface area contributed by atoms with Crippen LogP contribution in [0.2, 0.25) is 0 Å². The van der Waals surface area contributed by atoms with E-state index in [1.165, 1.54) is 4.52 Å². The van der Waals surface area contributed by atoms with Crippen LogP contribution in [0, 0.1) is 5.21 Å². The van der Waals surface area contributed by atoms with Crippen molar-refractivity contribution in [1.82, 2.24) is 14.5 Å². The van der Waals surface area contributed by atoms with E-state index in [-0.39, 0.29) is 0 Å². The highest BCUT2D eigenvalue weighted by Gasteiger charge is 2.17. The summed E-state index contributed by atoms with van der Waals surface area (Å²) < 4.78 is 1.45. The van der Waals surface area contributed by atoms with E-state index in [1.54, 1.807) is 42.9 Å². The van der Waals surface area contributed by atoms with E-state index in [0.717, 1.165) is 10.4 Å². The summed E-state index contributed by atoms with van der Waals surface area (Å²) in [7, 11) is 0. The van der Waals surface area contributed by atoms with Crippen LogP contribution in [-0.4, -0.2) is 14.5 Å². The van der Waals surface area contributed by atoms with Crippen LogP contribution in [0.3, 0.4) is 0 Å². The number of nitrogens with zero attached hydrogens (tertiary/aromatic N) is 4. The van der Waals surface area contributed by atoms with E-state index >= 15 is 0 Å². The van der Waals surface area contributed by atoms with Crippen molar-refractivity contribution < 1.29 is 4.85 Å². The van der Waals surface area contributed by atoms with Crippen molar-refractivity contribution in [2.75, 3.05) is 0 Å². The smallest absolute Gasteiger partial charge is 0.355 e. The van der Waals surface area contributed by atoms with Crippen LogP contribution in [0.5, 0.6) is 0 Å². The Balaban J connectivity index is 2.29. The quantitative estimate of drug-likeness (QED) is 0.447. The summed E-state index contributed by atoms with van der Waals surface area (Å²) in [6.45, 7) is 0. The molecule has 3 aromatic heterocycles. The highest BCUT2D eigenvalue weighted by Crippen LogP contribution is 2.12. The predicted molar refractivity (Wildman–Crippen MR) is 57.4 cm³/mol. The second-order valence-corrected chi connectivity index (χ2v) is 3.35. The molecule has 0 spiro atoms. The van der Waals surface area contributed by atoms with Gasteiger partial charge in [0.25, 0.3) is 5.65 Å². The van der Waals surface area contributed by atoms with Crippen LogP contribution in [-0.2, 0) is 0 Å². The molecule has 3 aromatic rings. The molecule has 0 saturated carbocycles. The Morgan fingerprint density at radius 3 is 2.69 bits per heavy atom. The summed E-state index contributed by atoms with van der Waals surface area (Å²) in [5.74, 6) is 0.383. The molecule has 0 fully saturated rings. The average molecular weight is 212 g/mol. The van der Waals surface area contributed by atoms with E-state index < -0.39 is 0 Å². The summed E-state index contributed by atoms with van der Waals surface area (Å²) >= 11 is 0. The fourth-order valence-electron chi connectivity index (χ4n) is 1.60. The minimum atomic E-state index is 0.383.